The number of rotatable bonds is 12. The highest BCUT2D eigenvalue weighted by Crippen LogP contribution is 2.39. The number of halogens is 1. The number of benzene rings is 1. The zero-order chi connectivity index (χ0) is 49.5. The lowest BCUT2D eigenvalue weighted by atomic mass is 9.80. The largest absolute Gasteiger partial charge is 0.495 e. The number of nitrogens with one attached hydrogen (secondary N) is 1. The second kappa shape index (κ2) is 23.2. The van der Waals surface area contributed by atoms with Gasteiger partial charge in [-0.3, -0.25) is 34.2 Å². The van der Waals surface area contributed by atoms with Crippen molar-refractivity contribution in [1.29, 1.82) is 0 Å². The average Bonchev–Trinajstić information content (AvgIpc) is 3.55. The molecule has 19 heteroatoms. The van der Waals surface area contributed by atoms with Crippen molar-refractivity contribution < 1.29 is 62.7 Å². The molecule has 1 aromatic carbocycles. The summed E-state index contributed by atoms with van der Waals surface area (Å²) in [5, 5.41) is 25.7. The number of amides is 5. The van der Waals surface area contributed by atoms with Crippen molar-refractivity contribution in [3.63, 3.8) is 0 Å². The van der Waals surface area contributed by atoms with Gasteiger partial charge >= 0.3 is 12.1 Å². The molecule has 2 saturated heterocycles. The normalized spacial score (nSPS) is 31.5. The third kappa shape index (κ3) is 13.0. The Labute approximate surface area is 402 Å². The quantitative estimate of drug-likeness (QED) is 0.186. The molecule has 370 valence electrons. The van der Waals surface area contributed by atoms with Crippen LogP contribution in [-0.2, 0) is 49.4 Å². The van der Waals surface area contributed by atoms with Crippen molar-refractivity contribution in [3.8, 4) is 5.75 Å². The molecule has 0 radical (unpaired) electrons. The van der Waals surface area contributed by atoms with Gasteiger partial charge in [-0.2, -0.15) is 0 Å². The highest BCUT2D eigenvalue weighted by molar-refractivity contribution is 8.00. The van der Waals surface area contributed by atoms with Crippen LogP contribution in [0.25, 0.3) is 0 Å². The summed E-state index contributed by atoms with van der Waals surface area (Å²) >= 11 is 7.99. The van der Waals surface area contributed by atoms with Crippen molar-refractivity contribution >= 4 is 70.5 Å². The van der Waals surface area contributed by atoms with E-state index in [-0.39, 0.29) is 59.5 Å². The van der Waals surface area contributed by atoms with Crippen LogP contribution >= 0.6 is 23.4 Å². The summed E-state index contributed by atoms with van der Waals surface area (Å²) in [6.45, 7) is 8.49. The number of likely N-dealkylation sites (N-methyl/N-ethyl adjacent to an activating group) is 1. The SMILES string of the molecule is COc1cc2cc(c1Cl)N(C)C(=O)C[C@H](OC(=O)[C@H](C)N(C)C(=O)CCS[C@@H]1CC(=O)N(CC3CCC(C(C)=O)CC3)C1=O)[C@@H](C)[C@@H](O)[C@H](C)[C@@H]1C[C@@](O)(NC(=O)O1)[C@H](OC)/C=C/C=C(\C)C2. The molecular weight excluding hydrogens is 908 g/mol. The van der Waals surface area contributed by atoms with Gasteiger partial charge in [0.2, 0.25) is 23.6 Å². The number of methoxy groups -OCH3 is 2. The molecule has 0 aromatic heterocycles. The fourth-order valence-electron chi connectivity index (χ4n) is 9.26. The van der Waals surface area contributed by atoms with E-state index < -0.39 is 83.6 Å². The van der Waals surface area contributed by atoms with Crippen LogP contribution in [0.3, 0.4) is 0 Å². The van der Waals surface area contributed by atoms with E-state index >= 15 is 0 Å². The van der Waals surface area contributed by atoms with Crippen LogP contribution in [0.1, 0.15) is 91.5 Å². The number of carbonyl (C=O) groups is 7. The number of alkyl carbamates (subject to hydrolysis) is 1. The zero-order valence-corrected chi connectivity index (χ0v) is 41.5. The first-order chi connectivity index (χ1) is 31.6. The van der Waals surface area contributed by atoms with Crippen molar-refractivity contribution in [1.82, 2.24) is 15.1 Å². The lowest BCUT2D eigenvalue weighted by molar-refractivity contribution is -0.167. The summed E-state index contributed by atoms with van der Waals surface area (Å²) in [4.78, 5) is 96.4. The Morgan fingerprint density at radius 3 is 2.39 bits per heavy atom. The van der Waals surface area contributed by atoms with E-state index in [1.54, 1.807) is 45.1 Å². The monoisotopic (exact) mass is 974 g/mol. The highest BCUT2D eigenvalue weighted by atomic mass is 35.5. The third-order valence-electron chi connectivity index (χ3n) is 13.9. The van der Waals surface area contributed by atoms with Crippen LogP contribution in [0.5, 0.6) is 5.75 Å². The fourth-order valence-corrected chi connectivity index (χ4v) is 10.7. The Bertz CT molecular complexity index is 2090. The van der Waals surface area contributed by atoms with Gasteiger partial charge in [0.25, 0.3) is 0 Å². The smallest absolute Gasteiger partial charge is 0.409 e. The standard InChI is InChI=1S/C48H67ClN4O13S/c1-26-11-10-12-39(64-9)48(62)24-37(66-47(61)50-48)28(3)44(58)27(2)35(22-41(56)52(7)34-20-32(19-26)21-36(63-8)43(34)49)65-46(60)29(4)51(6)40(55)17-18-67-38-23-42(57)53(45(38)59)25-31-13-15-33(16-14-31)30(5)54/h10-12,20-21,27-29,31,33,35,37-39,44,58,62H,13-19,22-25H2,1-9H3,(H,50,61)/b12-10+,26-11+/t27-,28-,29+,31?,33?,35+,37+,38-,39-,44-,48+/m1/s1. The molecular formula is C48H67ClN4O13S. The Kier molecular flexibility index (Phi) is 18.5. The average molecular weight is 976 g/mol. The number of carbonyl (C=O) groups excluding carboxylic acids is 7. The van der Waals surface area contributed by atoms with Gasteiger partial charge in [0.1, 0.15) is 40.9 Å². The summed E-state index contributed by atoms with van der Waals surface area (Å²) in [5.74, 6) is -3.32. The number of aliphatic hydroxyl groups excluding tert-OH is 1. The van der Waals surface area contributed by atoms with E-state index in [4.69, 9.17) is 30.5 Å². The van der Waals surface area contributed by atoms with Crippen LogP contribution in [-0.4, -0.2) is 144 Å². The minimum absolute atomic E-state index is 0.0329. The molecule has 1 aromatic rings. The number of Topliss-reactive ketones (excluding diaryl/α,β-unsaturated/α-hetero) is 1. The summed E-state index contributed by atoms with van der Waals surface area (Å²) in [6, 6.07) is 2.35. The highest BCUT2D eigenvalue weighted by Gasteiger charge is 2.49. The number of likely N-dealkylation sites (tertiary alicyclic amines) is 1. The Morgan fingerprint density at radius 2 is 1.75 bits per heavy atom. The molecule has 1 saturated carbocycles. The molecule has 0 unspecified atom stereocenters. The molecule has 3 fully saturated rings. The Balaban J connectivity index is 1.31. The molecule has 3 heterocycles. The van der Waals surface area contributed by atoms with Gasteiger partial charge in [0, 0.05) is 70.5 Å². The summed E-state index contributed by atoms with van der Waals surface area (Å²) in [6.07, 6.45) is 2.25. The Morgan fingerprint density at radius 1 is 1.06 bits per heavy atom. The molecule has 9 atom stereocenters. The van der Waals surface area contributed by atoms with E-state index in [2.05, 4.69) is 5.32 Å². The molecule has 0 spiro atoms. The lowest BCUT2D eigenvalue weighted by Gasteiger charge is -2.43. The number of esters is 1. The van der Waals surface area contributed by atoms with Crippen molar-refractivity contribution in [2.24, 2.45) is 23.7 Å². The molecule has 17 nitrogen and oxygen atoms in total. The third-order valence-corrected chi connectivity index (χ3v) is 15.5. The minimum atomic E-state index is -1.94. The van der Waals surface area contributed by atoms with Gasteiger partial charge in [0.15, 0.2) is 5.72 Å². The number of imide groups is 1. The van der Waals surface area contributed by atoms with E-state index in [9.17, 15) is 43.8 Å². The first-order valence-corrected chi connectivity index (χ1v) is 24.3. The van der Waals surface area contributed by atoms with Gasteiger partial charge in [-0.1, -0.05) is 49.2 Å². The maximum Gasteiger partial charge on any atom is 0.409 e. The number of hydrogen-bond donors (Lipinski definition) is 3. The maximum atomic E-state index is 14.2. The van der Waals surface area contributed by atoms with Crippen molar-refractivity contribution in [2.45, 2.75) is 134 Å². The molecule has 5 rings (SSSR count). The van der Waals surface area contributed by atoms with Crippen molar-refractivity contribution in [3.05, 3.63) is 46.5 Å². The number of anilines is 1. The summed E-state index contributed by atoms with van der Waals surface area (Å²) < 4.78 is 22.8. The number of ketones is 1. The van der Waals surface area contributed by atoms with E-state index in [1.807, 2.05) is 13.0 Å². The van der Waals surface area contributed by atoms with Gasteiger partial charge in [0.05, 0.1) is 30.6 Å². The number of hydrogen-bond acceptors (Lipinski definition) is 14. The molecule has 5 amide bonds. The topological polar surface area (TPSA) is 219 Å². The number of nitrogens with zero attached hydrogens (tertiary/aromatic N) is 3. The van der Waals surface area contributed by atoms with Gasteiger partial charge in [-0.05, 0) is 76.5 Å². The number of allylic oxidation sites excluding steroid dienone is 3. The predicted octanol–water partition coefficient (Wildman–Crippen LogP) is 5.00. The molecule has 4 bridgehead atoms. The predicted molar refractivity (Wildman–Crippen MR) is 251 cm³/mol. The van der Waals surface area contributed by atoms with Crippen molar-refractivity contribution in [2.75, 3.05) is 45.5 Å². The van der Waals surface area contributed by atoms with Crippen LogP contribution < -0.4 is 15.0 Å². The molecule has 3 aliphatic heterocycles. The van der Waals surface area contributed by atoms with E-state index in [0.29, 0.717) is 24.4 Å². The fraction of sp³-hybridized carbons (Fsp3) is 0.646. The first kappa shape index (κ1) is 53.5. The second-order valence-electron chi connectivity index (χ2n) is 18.6. The number of fused-ring (bicyclic) bond motifs is 4. The van der Waals surface area contributed by atoms with Crippen LogP contribution in [0, 0.1) is 23.7 Å². The first-order valence-electron chi connectivity index (χ1n) is 22.9. The van der Waals surface area contributed by atoms with Gasteiger partial charge in [-0.15, -0.1) is 11.8 Å². The summed E-state index contributed by atoms with van der Waals surface area (Å²) in [7, 11) is 5.80. The van der Waals surface area contributed by atoms with Crippen LogP contribution in [0.4, 0.5) is 10.5 Å². The molecule has 1 aliphatic carbocycles. The zero-order valence-electron chi connectivity index (χ0n) is 40.0. The second-order valence-corrected chi connectivity index (χ2v) is 20.3. The minimum Gasteiger partial charge on any atom is -0.495 e. The number of aliphatic hydroxyl groups is 2. The number of thioether (sulfide) groups is 1. The van der Waals surface area contributed by atoms with E-state index in [1.165, 1.54) is 61.7 Å². The van der Waals surface area contributed by atoms with Crippen LogP contribution in [0.15, 0.2) is 35.9 Å². The maximum absolute atomic E-state index is 14.2. The summed E-state index contributed by atoms with van der Waals surface area (Å²) in [5.41, 5.74) is 0.0158. The van der Waals surface area contributed by atoms with Gasteiger partial charge in [-0.25, -0.2) is 9.59 Å². The van der Waals surface area contributed by atoms with E-state index in [0.717, 1.165) is 36.8 Å². The van der Waals surface area contributed by atoms with Crippen LogP contribution in [0.2, 0.25) is 5.02 Å². The lowest BCUT2D eigenvalue weighted by Crippen LogP contribution is -2.64. The molecule has 4 aliphatic rings. The molecule has 67 heavy (non-hydrogen) atoms. The number of ether oxygens (including phenoxy) is 4. The molecule has 3 N–H and O–H groups in total. The Hall–Kier alpha value is -4.49. The van der Waals surface area contributed by atoms with Gasteiger partial charge < -0.3 is 39.0 Å².